The van der Waals surface area contributed by atoms with Crippen molar-refractivity contribution in [3.63, 3.8) is 0 Å². The Bertz CT molecular complexity index is 1390. The van der Waals surface area contributed by atoms with Crippen molar-refractivity contribution in [1.82, 2.24) is 20.4 Å². The molecule has 1 fully saturated rings. The van der Waals surface area contributed by atoms with E-state index in [1.807, 2.05) is 36.6 Å². The van der Waals surface area contributed by atoms with Crippen molar-refractivity contribution in [1.29, 1.82) is 0 Å². The number of nitrogens with one attached hydrogen (secondary N) is 2. The largest absolute Gasteiger partial charge is 0.480 e. The molecule has 0 unspecified atom stereocenters. The number of aromatic nitrogens is 2. The number of ether oxygens (including phenoxy) is 1. The third kappa shape index (κ3) is 5.74. The average molecular weight is 547 g/mol. The Balaban J connectivity index is 1.73. The number of anilines is 2. The molecular formula is C27H33F3N6O3. The standard InChI is InChI=1S/C27H33F3N6O3/c1-15(27(28,29)30)39-21-14-17(12-19-22(21)23(31)34-33-19)16-6-7-18(24(37)32-5)20(13-16)35-8-10-36(11-9-35)25(38)26(2,3)4/h6-7,12-15H,8-11H2,1-5H3,(H,32,37)(H3,31,33,34)/t15-/m0/s1. The lowest BCUT2D eigenvalue weighted by Gasteiger charge is -2.39. The molecule has 2 heterocycles. The number of carbonyl (C=O) groups is 2. The number of benzene rings is 2. The minimum absolute atomic E-state index is 0.0271. The lowest BCUT2D eigenvalue weighted by Crippen LogP contribution is -2.52. The molecular weight excluding hydrogens is 513 g/mol. The number of nitrogens with zero attached hydrogens (tertiary/aromatic N) is 3. The zero-order valence-electron chi connectivity index (χ0n) is 22.6. The highest BCUT2D eigenvalue weighted by atomic mass is 19.4. The zero-order valence-corrected chi connectivity index (χ0v) is 22.6. The predicted molar refractivity (Wildman–Crippen MR) is 144 cm³/mol. The van der Waals surface area contributed by atoms with Gasteiger partial charge in [-0.1, -0.05) is 26.8 Å². The monoisotopic (exact) mass is 546 g/mol. The normalized spacial score (nSPS) is 15.4. The van der Waals surface area contributed by atoms with E-state index in [4.69, 9.17) is 10.5 Å². The Morgan fingerprint density at radius 1 is 1.08 bits per heavy atom. The maximum atomic E-state index is 13.3. The van der Waals surface area contributed by atoms with E-state index in [9.17, 15) is 22.8 Å². The molecule has 1 saturated heterocycles. The molecule has 39 heavy (non-hydrogen) atoms. The van der Waals surface area contributed by atoms with E-state index in [-0.39, 0.29) is 28.8 Å². The van der Waals surface area contributed by atoms with Crippen molar-refractivity contribution in [3.05, 3.63) is 35.9 Å². The Hall–Kier alpha value is -3.96. The molecule has 4 N–H and O–H groups in total. The molecule has 0 radical (unpaired) electrons. The van der Waals surface area contributed by atoms with E-state index < -0.39 is 17.7 Å². The Kier molecular flexibility index (Phi) is 7.42. The van der Waals surface area contributed by atoms with Crippen LogP contribution >= 0.6 is 0 Å². The van der Waals surface area contributed by atoms with E-state index in [2.05, 4.69) is 15.5 Å². The summed E-state index contributed by atoms with van der Waals surface area (Å²) in [5, 5.41) is 9.60. The molecule has 3 aromatic rings. The molecule has 210 valence electrons. The van der Waals surface area contributed by atoms with Crippen LogP contribution in [-0.2, 0) is 4.79 Å². The molecule has 9 nitrogen and oxygen atoms in total. The Morgan fingerprint density at radius 3 is 2.33 bits per heavy atom. The fraction of sp³-hybridized carbons (Fsp3) is 0.444. The van der Waals surface area contributed by atoms with Gasteiger partial charge in [-0.05, 0) is 42.3 Å². The number of piperazine rings is 1. The minimum Gasteiger partial charge on any atom is -0.480 e. The summed E-state index contributed by atoms with van der Waals surface area (Å²) in [4.78, 5) is 29.3. The van der Waals surface area contributed by atoms with Gasteiger partial charge in [0.25, 0.3) is 5.91 Å². The van der Waals surface area contributed by atoms with Crippen LogP contribution in [-0.4, -0.2) is 72.4 Å². The second-order valence-corrected chi connectivity index (χ2v) is 10.6. The molecule has 2 aromatic carbocycles. The fourth-order valence-electron chi connectivity index (χ4n) is 4.59. The van der Waals surface area contributed by atoms with Crippen LogP contribution in [0, 0.1) is 5.41 Å². The first-order chi connectivity index (χ1) is 18.2. The molecule has 12 heteroatoms. The summed E-state index contributed by atoms with van der Waals surface area (Å²) in [7, 11) is 1.54. The first-order valence-corrected chi connectivity index (χ1v) is 12.6. The summed E-state index contributed by atoms with van der Waals surface area (Å²) < 4.78 is 45.2. The summed E-state index contributed by atoms with van der Waals surface area (Å²) in [5.41, 5.74) is 8.16. The van der Waals surface area contributed by atoms with Crippen molar-refractivity contribution in [2.24, 2.45) is 5.41 Å². The number of halogens is 3. The van der Waals surface area contributed by atoms with Gasteiger partial charge in [0.15, 0.2) is 11.9 Å². The van der Waals surface area contributed by atoms with Crippen LogP contribution in [0.1, 0.15) is 38.1 Å². The first kappa shape index (κ1) is 28.1. The van der Waals surface area contributed by atoms with Gasteiger partial charge in [-0.2, -0.15) is 18.3 Å². The maximum absolute atomic E-state index is 13.3. The number of nitrogen functional groups attached to an aromatic ring is 1. The molecule has 2 amide bonds. The number of hydrogen-bond donors (Lipinski definition) is 3. The second-order valence-electron chi connectivity index (χ2n) is 10.6. The summed E-state index contributed by atoms with van der Waals surface area (Å²) in [6.45, 7) is 8.60. The van der Waals surface area contributed by atoms with Crippen molar-refractivity contribution >= 4 is 34.2 Å². The van der Waals surface area contributed by atoms with Gasteiger partial charge in [0.05, 0.1) is 22.2 Å². The zero-order chi connectivity index (χ0) is 28.7. The number of rotatable bonds is 5. The topological polar surface area (TPSA) is 117 Å². The molecule has 1 aromatic heterocycles. The van der Waals surface area contributed by atoms with Gasteiger partial charge < -0.3 is 25.6 Å². The van der Waals surface area contributed by atoms with Gasteiger partial charge >= 0.3 is 6.18 Å². The number of aromatic amines is 1. The van der Waals surface area contributed by atoms with E-state index >= 15 is 0 Å². The highest BCUT2D eigenvalue weighted by Crippen LogP contribution is 2.38. The molecule has 0 saturated carbocycles. The van der Waals surface area contributed by atoms with Crippen LogP contribution in [0.25, 0.3) is 22.0 Å². The average Bonchev–Trinajstić information content (AvgIpc) is 3.27. The number of alkyl halides is 3. The van der Waals surface area contributed by atoms with E-state index in [0.29, 0.717) is 54.1 Å². The van der Waals surface area contributed by atoms with Crippen molar-refractivity contribution < 1.29 is 27.5 Å². The van der Waals surface area contributed by atoms with Gasteiger partial charge in [-0.15, -0.1) is 0 Å². The highest BCUT2D eigenvalue weighted by Gasteiger charge is 2.38. The third-order valence-corrected chi connectivity index (χ3v) is 6.77. The third-order valence-electron chi connectivity index (χ3n) is 6.77. The maximum Gasteiger partial charge on any atom is 0.425 e. The number of hydrogen-bond acceptors (Lipinski definition) is 6. The van der Waals surface area contributed by atoms with Crippen LogP contribution in [0.2, 0.25) is 0 Å². The number of amides is 2. The molecule has 1 aliphatic rings. The van der Waals surface area contributed by atoms with Crippen LogP contribution in [0.5, 0.6) is 5.75 Å². The number of fused-ring (bicyclic) bond motifs is 1. The second kappa shape index (κ2) is 10.3. The number of H-pyrrole nitrogens is 1. The van der Waals surface area contributed by atoms with Crippen LogP contribution < -0.4 is 20.7 Å². The molecule has 1 atom stereocenters. The van der Waals surface area contributed by atoms with Crippen molar-refractivity contribution in [2.45, 2.75) is 40.0 Å². The summed E-state index contributed by atoms with van der Waals surface area (Å²) in [6, 6.07) is 8.45. The molecule has 1 aliphatic heterocycles. The Labute approximate surface area is 224 Å². The van der Waals surface area contributed by atoms with E-state index in [1.54, 1.807) is 25.2 Å². The lowest BCUT2D eigenvalue weighted by atomic mass is 9.94. The van der Waals surface area contributed by atoms with Crippen molar-refractivity contribution in [2.75, 3.05) is 43.9 Å². The van der Waals surface area contributed by atoms with Gasteiger partial charge in [0.2, 0.25) is 5.91 Å². The smallest absolute Gasteiger partial charge is 0.425 e. The predicted octanol–water partition coefficient (Wildman–Crippen LogP) is 4.20. The van der Waals surface area contributed by atoms with E-state index in [1.165, 1.54) is 6.07 Å². The quantitative estimate of drug-likeness (QED) is 0.442. The minimum atomic E-state index is -4.57. The number of carbonyl (C=O) groups excluding carboxylic acids is 2. The van der Waals surface area contributed by atoms with Crippen molar-refractivity contribution in [3.8, 4) is 16.9 Å². The van der Waals surface area contributed by atoms with Gasteiger partial charge in [-0.3, -0.25) is 14.7 Å². The van der Waals surface area contributed by atoms with E-state index in [0.717, 1.165) is 6.92 Å². The van der Waals surface area contributed by atoms with Gasteiger partial charge in [-0.25, -0.2) is 0 Å². The van der Waals surface area contributed by atoms with Crippen LogP contribution in [0.4, 0.5) is 24.7 Å². The Morgan fingerprint density at radius 2 is 1.74 bits per heavy atom. The lowest BCUT2D eigenvalue weighted by molar-refractivity contribution is -0.188. The molecule has 0 aliphatic carbocycles. The molecule has 0 spiro atoms. The summed E-state index contributed by atoms with van der Waals surface area (Å²) >= 11 is 0. The van der Waals surface area contributed by atoms with Crippen LogP contribution in [0.3, 0.4) is 0 Å². The highest BCUT2D eigenvalue weighted by molar-refractivity contribution is 6.01. The SMILES string of the molecule is CNC(=O)c1ccc(-c2cc(O[C@@H](C)C(F)(F)F)c3c(N)n[nH]c3c2)cc1N1CCN(C(=O)C(C)(C)C)CC1. The van der Waals surface area contributed by atoms with Crippen LogP contribution in [0.15, 0.2) is 30.3 Å². The van der Waals surface area contributed by atoms with Gasteiger partial charge in [0, 0.05) is 38.6 Å². The fourth-order valence-corrected chi connectivity index (χ4v) is 4.59. The first-order valence-electron chi connectivity index (χ1n) is 12.6. The summed E-state index contributed by atoms with van der Waals surface area (Å²) in [5.74, 6) is -0.233. The number of nitrogens with two attached hydrogens (primary N) is 1. The summed E-state index contributed by atoms with van der Waals surface area (Å²) in [6.07, 6.45) is -6.64. The molecule has 0 bridgehead atoms. The molecule has 4 rings (SSSR count). The van der Waals surface area contributed by atoms with Gasteiger partial charge in [0.1, 0.15) is 5.75 Å².